The Morgan fingerprint density at radius 2 is 1.69 bits per heavy atom. The summed E-state index contributed by atoms with van der Waals surface area (Å²) in [6.45, 7) is 8.92. The fourth-order valence-electron chi connectivity index (χ4n) is 8.20. The van der Waals surface area contributed by atoms with E-state index in [0.717, 1.165) is 85.1 Å². The van der Waals surface area contributed by atoms with Gasteiger partial charge in [-0.05, 0) is 94.4 Å². The van der Waals surface area contributed by atoms with Crippen molar-refractivity contribution in [3.05, 3.63) is 59.3 Å². The zero-order valence-electron chi connectivity index (χ0n) is 28.9. The zero-order valence-corrected chi connectivity index (χ0v) is 28.9. The minimum Gasteiger partial charge on any atom is -0.436 e. The number of para-hydroxylation sites is 1. The second-order valence-electron chi connectivity index (χ2n) is 14.3. The molecule has 0 spiro atoms. The van der Waals surface area contributed by atoms with Crippen molar-refractivity contribution in [2.24, 2.45) is 0 Å². The first-order valence-electron chi connectivity index (χ1n) is 18.1. The lowest BCUT2D eigenvalue weighted by atomic mass is 10.0. The van der Waals surface area contributed by atoms with Gasteiger partial charge in [0.25, 0.3) is 5.91 Å². The topological polar surface area (TPSA) is 117 Å². The number of hydrogen-bond acceptors (Lipinski definition) is 7. The van der Waals surface area contributed by atoms with Gasteiger partial charge in [0.05, 0.1) is 11.7 Å². The lowest BCUT2D eigenvalue weighted by Gasteiger charge is -2.38. The van der Waals surface area contributed by atoms with Gasteiger partial charge in [0, 0.05) is 75.4 Å². The molecule has 3 aromatic rings. The van der Waals surface area contributed by atoms with Crippen LogP contribution in [0.15, 0.2) is 42.6 Å². The number of aromatic nitrogens is 2. The number of nitrogens with one attached hydrogen (secondary N) is 2. The molecule has 4 amide bonds. The Labute approximate surface area is 288 Å². The highest BCUT2D eigenvalue weighted by Gasteiger charge is 2.36. The van der Waals surface area contributed by atoms with Crippen LogP contribution in [0.5, 0.6) is 0 Å². The van der Waals surface area contributed by atoms with Gasteiger partial charge in [-0.1, -0.05) is 24.3 Å². The molecule has 262 valence electrons. The van der Waals surface area contributed by atoms with Crippen LogP contribution in [0, 0.1) is 6.92 Å². The van der Waals surface area contributed by atoms with Gasteiger partial charge in [-0.15, -0.1) is 0 Å². The van der Waals surface area contributed by atoms with Gasteiger partial charge in [-0.2, -0.15) is 5.10 Å². The maximum atomic E-state index is 14.3. The smallest absolute Gasteiger partial charge is 0.410 e. The first-order chi connectivity index (χ1) is 23.8. The van der Waals surface area contributed by atoms with Crippen LogP contribution in [-0.4, -0.2) is 137 Å². The molecule has 0 unspecified atom stereocenters. The number of ether oxygens (including phenoxy) is 1. The van der Waals surface area contributed by atoms with Gasteiger partial charge in [-0.3, -0.25) is 14.8 Å². The lowest BCUT2D eigenvalue weighted by Crippen LogP contribution is -2.51. The molecule has 12 heteroatoms. The van der Waals surface area contributed by atoms with E-state index in [-0.39, 0.29) is 18.0 Å². The van der Waals surface area contributed by atoms with Crippen molar-refractivity contribution in [2.45, 2.75) is 70.1 Å². The highest BCUT2D eigenvalue weighted by Crippen LogP contribution is 2.26. The predicted octanol–water partition coefficient (Wildman–Crippen LogP) is 4.10. The highest BCUT2D eigenvalue weighted by molar-refractivity contribution is 5.91. The summed E-state index contributed by atoms with van der Waals surface area (Å²) in [5, 5.41) is 11.3. The first kappa shape index (κ1) is 33.3. The molecule has 0 bridgehead atoms. The number of carbonyl (C=O) groups is 3. The fourth-order valence-corrected chi connectivity index (χ4v) is 8.20. The quantitative estimate of drug-likeness (QED) is 0.406. The molecular weight excluding hydrogens is 620 g/mol. The number of carbonyl (C=O) groups excluding carboxylic acids is 3. The molecule has 4 aliphatic rings. The molecular formula is C37H50N8O4. The Kier molecular flexibility index (Phi) is 10.0. The number of hydrogen-bond donors (Lipinski definition) is 2. The molecule has 7 rings (SSSR count). The summed E-state index contributed by atoms with van der Waals surface area (Å²) in [5.74, 6) is -0.126. The molecule has 0 radical (unpaired) electrons. The van der Waals surface area contributed by atoms with Crippen LogP contribution in [0.25, 0.3) is 10.9 Å². The van der Waals surface area contributed by atoms with E-state index in [2.05, 4.69) is 44.5 Å². The summed E-state index contributed by atoms with van der Waals surface area (Å²) in [7, 11) is 2.18. The van der Waals surface area contributed by atoms with Crippen molar-refractivity contribution < 1.29 is 19.1 Å². The summed E-state index contributed by atoms with van der Waals surface area (Å²) >= 11 is 0. The number of anilines is 1. The number of piperidine rings is 2. The second-order valence-corrected chi connectivity index (χ2v) is 14.3. The van der Waals surface area contributed by atoms with Gasteiger partial charge in [0.15, 0.2) is 6.10 Å². The second kappa shape index (κ2) is 14.8. The van der Waals surface area contributed by atoms with Gasteiger partial charge in [0.2, 0.25) is 0 Å². The van der Waals surface area contributed by atoms with E-state index in [4.69, 9.17) is 4.74 Å². The lowest BCUT2D eigenvalue weighted by molar-refractivity contribution is -0.140. The molecule has 12 nitrogen and oxygen atoms in total. The molecule has 1 atom stereocenters. The van der Waals surface area contributed by atoms with E-state index >= 15 is 0 Å². The molecule has 3 fully saturated rings. The van der Waals surface area contributed by atoms with Crippen LogP contribution in [0.3, 0.4) is 0 Å². The Balaban J connectivity index is 1.01. The van der Waals surface area contributed by atoms with Crippen LogP contribution in [0.1, 0.15) is 48.8 Å². The standard InChI is InChI=1S/C37H50N8O4/c1-26-22-27(23-29-25-38-40-34(26)29)24-33(35(46)43-14-5-13-42(20-21-43)30-9-15-41(2)16-10-30)49-37(48)44-17-11-31(12-18-44)45-19-8-28-6-3-4-7-32(28)39-36(45)47/h3-4,6-7,22-23,25,30-31,33H,5,8-21,24H2,1-2H3,(H,38,40)(H,39,47)/t33-/m1/s1. The minimum absolute atomic E-state index is 0.0325. The van der Waals surface area contributed by atoms with Crippen LogP contribution < -0.4 is 5.32 Å². The monoisotopic (exact) mass is 670 g/mol. The summed E-state index contributed by atoms with van der Waals surface area (Å²) in [6, 6.07) is 12.5. The third-order valence-corrected chi connectivity index (χ3v) is 11.1. The summed E-state index contributed by atoms with van der Waals surface area (Å²) in [5.41, 5.74) is 4.94. The maximum absolute atomic E-state index is 14.3. The van der Waals surface area contributed by atoms with E-state index in [1.54, 1.807) is 11.1 Å². The van der Waals surface area contributed by atoms with E-state index < -0.39 is 12.2 Å². The van der Waals surface area contributed by atoms with Gasteiger partial charge >= 0.3 is 12.1 Å². The number of H-pyrrole nitrogens is 1. The molecule has 2 N–H and O–H groups in total. The van der Waals surface area contributed by atoms with Crippen molar-refractivity contribution >= 4 is 34.6 Å². The number of aryl methyl sites for hydroxylation is 1. The van der Waals surface area contributed by atoms with Gasteiger partial charge in [-0.25, -0.2) is 9.59 Å². The van der Waals surface area contributed by atoms with E-state index in [1.165, 1.54) is 0 Å². The average molecular weight is 671 g/mol. The number of aromatic amines is 1. The number of amides is 4. The maximum Gasteiger partial charge on any atom is 0.410 e. The Bertz CT molecular complexity index is 1640. The van der Waals surface area contributed by atoms with E-state index in [9.17, 15) is 14.4 Å². The zero-order chi connectivity index (χ0) is 33.9. The average Bonchev–Trinajstić information content (AvgIpc) is 3.35. The number of fused-ring (bicyclic) bond motifs is 2. The normalized spacial score (nSPS) is 21.2. The molecule has 49 heavy (non-hydrogen) atoms. The molecule has 3 saturated heterocycles. The molecule has 0 saturated carbocycles. The highest BCUT2D eigenvalue weighted by atomic mass is 16.6. The number of benzene rings is 2. The van der Waals surface area contributed by atoms with Gasteiger partial charge < -0.3 is 29.7 Å². The molecule has 0 aliphatic carbocycles. The molecule has 5 heterocycles. The number of rotatable bonds is 6. The molecule has 2 aromatic carbocycles. The van der Waals surface area contributed by atoms with Crippen LogP contribution in [0.2, 0.25) is 0 Å². The SMILES string of the molecule is Cc1cc(C[C@@H](OC(=O)N2CCC(N3CCc4ccccc4NC3=O)CC2)C(=O)N2CCCN(C3CCN(C)CC3)CC2)cc2cn[nH]c12. The van der Waals surface area contributed by atoms with Crippen LogP contribution in [-0.2, 0) is 22.4 Å². The van der Waals surface area contributed by atoms with Crippen LogP contribution >= 0.6 is 0 Å². The number of urea groups is 1. The summed E-state index contributed by atoms with van der Waals surface area (Å²) in [4.78, 5) is 51.6. The largest absolute Gasteiger partial charge is 0.436 e. The van der Waals surface area contributed by atoms with Crippen molar-refractivity contribution in [1.29, 1.82) is 0 Å². The minimum atomic E-state index is -0.932. The van der Waals surface area contributed by atoms with E-state index in [1.807, 2.05) is 41.0 Å². The first-order valence-corrected chi connectivity index (χ1v) is 18.1. The summed E-state index contributed by atoms with van der Waals surface area (Å²) in [6.07, 6.45) is 6.02. The number of likely N-dealkylation sites (tertiary alicyclic amines) is 2. The van der Waals surface area contributed by atoms with Crippen molar-refractivity contribution in [3.63, 3.8) is 0 Å². The third kappa shape index (κ3) is 7.55. The predicted molar refractivity (Wildman–Crippen MR) is 189 cm³/mol. The van der Waals surface area contributed by atoms with Crippen molar-refractivity contribution in [3.8, 4) is 0 Å². The van der Waals surface area contributed by atoms with E-state index in [0.29, 0.717) is 58.0 Å². The van der Waals surface area contributed by atoms with Crippen molar-refractivity contribution in [1.82, 2.24) is 34.7 Å². The Hall–Kier alpha value is -4.16. The fraction of sp³-hybridized carbons (Fsp3) is 0.568. The Morgan fingerprint density at radius 3 is 2.51 bits per heavy atom. The number of nitrogens with zero attached hydrogens (tertiary/aromatic N) is 6. The molecule has 4 aliphatic heterocycles. The molecule has 1 aromatic heterocycles. The van der Waals surface area contributed by atoms with Gasteiger partial charge in [0.1, 0.15) is 0 Å². The third-order valence-electron chi connectivity index (χ3n) is 11.1. The van der Waals surface area contributed by atoms with Crippen molar-refractivity contribution in [2.75, 3.05) is 71.3 Å². The Morgan fingerprint density at radius 1 is 0.918 bits per heavy atom. The van der Waals surface area contributed by atoms with Crippen LogP contribution in [0.4, 0.5) is 15.3 Å². The summed E-state index contributed by atoms with van der Waals surface area (Å²) < 4.78 is 6.16.